The van der Waals surface area contributed by atoms with Gasteiger partial charge in [0, 0.05) is 13.0 Å². The van der Waals surface area contributed by atoms with Crippen molar-refractivity contribution in [2.24, 2.45) is 0 Å². The Labute approximate surface area is 153 Å². The van der Waals surface area contributed by atoms with E-state index in [1.807, 2.05) is 36.4 Å². The molecule has 0 unspecified atom stereocenters. The number of fused-ring (bicyclic) bond motifs is 1. The van der Waals surface area contributed by atoms with Crippen molar-refractivity contribution >= 4 is 11.0 Å². The molecule has 0 amide bonds. The molecular weight excluding hydrogens is 318 g/mol. The molecule has 4 aromatic rings. The molecule has 0 fully saturated rings. The summed E-state index contributed by atoms with van der Waals surface area (Å²) >= 11 is 0. The van der Waals surface area contributed by atoms with Gasteiger partial charge < -0.3 is 4.57 Å². The van der Waals surface area contributed by atoms with E-state index in [-0.39, 0.29) is 0 Å². The van der Waals surface area contributed by atoms with Gasteiger partial charge in [-0.05, 0) is 41.8 Å². The highest BCUT2D eigenvalue weighted by Crippen LogP contribution is 2.19. The van der Waals surface area contributed by atoms with E-state index in [1.165, 1.54) is 11.1 Å². The molecule has 3 aromatic carbocycles. The summed E-state index contributed by atoms with van der Waals surface area (Å²) in [6.45, 7) is 0.760. The molecule has 0 aliphatic rings. The van der Waals surface area contributed by atoms with Gasteiger partial charge >= 0.3 is 0 Å². The Balaban J connectivity index is 1.65. The maximum Gasteiger partial charge on any atom is 0.110 e. The number of aromatic nitrogens is 2. The average Bonchev–Trinajstić information content (AvgIpc) is 3.05. The van der Waals surface area contributed by atoms with Crippen LogP contribution >= 0.6 is 0 Å². The maximum atomic E-state index is 8.98. The van der Waals surface area contributed by atoms with E-state index in [2.05, 4.69) is 53.1 Å². The molecule has 4 rings (SSSR count). The topological polar surface area (TPSA) is 41.6 Å². The fraction of sp³-hybridized carbons (Fsp3) is 0.130. The standard InChI is InChI=1S/C23H19N3/c24-16-19-10-12-20(13-11-19)17-26-22-9-5-4-8-21(22)25-23(26)15-14-18-6-2-1-3-7-18/h1-13H,14-15,17H2. The second-order valence-electron chi connectivity index (χ2n) is 6.40. The lowest BCUT2D eigenvalue weighted by Crippen LogP contribution is -2.06. The van der Waals surface area contributed by atoms with E-state index in [9.17, 15) is 0 Å². The summed E-state index contributed by atoms with van der Waals surface area (Å²) < 4.78 is 2.29. The number of para-hydroxylation sites is 2. The van der Waals surface area contributed by atoms with Crippen molar-refractivity contribution in [3.8, 4) is 6.07 Å². The Hall–Kier alpha value is -3.38. The lowest BCUT2D eigenvalue weighted by molar-refractivity contribution is 0.730. The number of rotatable bonds is 5. The molecule has 0 bridgehead atoms. The normalized spacial score (nSPS) is 10.7. The van der Waals surface area contributed by atoms with Crippen LogP contribution in [0.25, 0.3) is 11.0 Å². The predicted molar refractivity (Wildman–Crippen MR) is 104 cm³/mol. The molecule has 0 aliphatic carbocycles. The quantitative estimate of drug-likeness (QED) is 0.528. The zero-order valence-electron chi connectivity index (χ0n) is 14.5. The van der Waals surface area contributed by atoms with E-state index < -0.39 is 0 Å². The van der Waals surface area contributed by atoms with E-state index in [0.717, 1.165) is 36.2 Å². The van der Waals surface area contributed by atoms with Crippen LogP contribution in [-0.2, 0) is 19.4 Å². The Morgan fingerprint density at radius 3 is 2.27 bits per heavy atom. The van der Waals surface area contributed by atoms with Gasteiger partial charge in [-0.3, -0.25) is 0 Å². The van der Waals surface area contributed by atoms with Gasteiger partial charge in [0.1, 0.15) is 5.82 Å². The van der Waals surface area contributed by atoms with E-state index in [4.69, 9.17) is 10.2 Å². The summed E-state index contributed by atoms with van der Waals surface area (Å²) in [6.07, 6.45) is 1.87. The second kappa shape index (κ2) is 7.25. The average molecular weight is 337 g/mol. The lowest BCUT2D eigenvalue weighted by Gasteiger charge is -2.10. The summed E-state index contributed by atoms with van der Waals surface area (Å²) in [5, 5.41) is 8.98. The largest absolute Gasteiger partial charge is 0.323 e. The summed E-state index contributed by atoms with van der Waals surface area (Å²) in [5.74, 6) is 1.10. The second-order valence-corrected chi connectivity index (χ2v) is 6.40. The van der Waals surface area contributed by atoms with Crippen LogP contribution in [0.3, 0.4) is 0 Å². The van der Waals surface area contributed by atoms with Gasteiger partial charge in [-0.25, -0.2) is 4.98 Å². The van der Waals surface area contributed by atoms with Gasteiger partial charge in [-0.1, -0.05) is 54.6 Å². The van der Waals surface area contributed by atoms with Gasteiger partial charge in [0.15, 0.2) is 0 Å². The van der Waals surface area contributed by atoms with Crippen LogP contribution in [0.5, 0.6) is 0 Å². The number of hydrogen-bond acceptors (Lipinski definition) is 2. The van der Waals surface area contributed by atoms with Crippen LogP contribution < -0.4 is 0 Å². The van der Waals surface area contributed by atoms with E-state index in [0.29, 0.717) is 5.56 Å². The number of benzene rings is 3. The van der Waals surface area contributed by atoms with Crippen LogP contribution in [0.1, 0.15) is 22.5 Å². The first-order valence-corrected chi connectivity index (χ1v) is 8.80. The number of imidazole rings is 1. The Morgan fingerprint density at radius 1 is 0.769 bits per heavy atom. The molecule has 0 aliphatic heterocycles. The van der Waals surface area contributed by atoms with Crippen LogP contribution in [0, 0.1) is 11.3 Å². The van der Waals surface area contributed by atoms with E-state index in [1.54, 1.807) is 0 Å². The molecule has 0 radical (unpaired) electrons. The Kier molecular flexibility index (Phi) is 4.49. The first-order chi connectivity index (χ1) is 12.8. The number of nitriles is 1. The third-order valence-electron chi connectivity index (χ3n) is 4.64. The van der Waals surface area contributed by atoms with Crippen molar-refractivity contribution in [1.82, 2.24) is 9.55 Å². The predicted octanol–water partition coefficient (Wildman–Crippen LogP) is 4.74. The smallest absolute Gasteiger partial charge is 0.110 e. The molecule has 26 heavy (non-hydrogen) atoms. The molecule has 1 heterocycles. The highest BCUT2D eigenvalue weighted by Gasteiger charge is 2.11. The molecule has 1 aromatic heterocycles. The first-order valence-electron chi connectivity index (χ1n) is 8.80. The van der Waals surface area contributed by atoms with Crippen molar-refractivity contribution in [2.45, 2.75) is 19.4 Å². The van der Waals surface area contributed by atoms with Crippen molar-refractivity contribution < 1.29 is 0 Å². The zero-order valence-corrected chi connectivity index (χ0v) is 14.5. The van der Waals surface area contributed by atoms with Crippen molar-refractivity contribution in [3.63, 3.8) is 0 Å². The fourth-order valence-electron chi connectivity index (χ4n) is 3.26. The van der Waals surface area contributed by atoms with Crippen LogP contribution in [0.15, 0.2) is 78.9 Å². The minimum atomic E-state index is 0.688. The minimum Gasteiger partial charge on any atom is -0.323 e. The summed E-state index contributed by atoms with van der Waals surface area (Å²) in [6, 6.07) is 28.8. The van der Waals surface area contributed by atoms with Crippen molar-refractivity contribution in [1.29, 1.82) is 5.26 Å². The summed E-state index contributed by atoms with van der Waals surface area (Å²) in [7, 11) is 0. The summed E-state index contributed by atoms with van der Waals surface area (Å²) in [5.41, 5.74) is 5.37. The molecular formula is C23H19N3. The third-order valence-corrected chi connectivity index (χ3v) is 4.64. The van der Waals surface area contributed by atoms with Crippen LogP contribution in [0.4, 0.5) is 0 Å². The first kappa shape index (κ1) is 16.1. The van der Waals surface area contributed by atoms with Gasteiger partial charge in [-0.2, -0.15) is 5.26 Å². The van der Waals surface area contributed by atoms with Gasteiger partial charge in [-0.15, -0.1) is 0 Å². The highest BCUT2D eigenvalue weighted by atomic mass is 15.1. The molecule has 3 heteroatoms. The third kappa shape index (κ3) is 3.36. The molecule has 0 saturated carbocycles. The Bertz CT molecular complexity index is 1050. The van der Waals surface area contributed by atoms with Gasteiger partial charge in [0.25, 0.3) is 0 Å². The Morgan fingerprint density at radius 2 is 1.50 bits per heavy atom. The number of hydrogen-bond donors (Lipinski definition) is 0. The fourth-order valence-corrected chi connectivity index (χ4v) is 3.26. The molecule has 0 saturated heterocycles. The lowest BCUT2D eigenvalue weighted by atomic mass is 10.1. The number of nitrogens with zero attached hydrogens (tertiary/aromatic N) is 3. The minimum absolute atomic E-state index is 0.688. The van der Waals surface area contributed by atoms with E-state index >= 15 is 0 Å². The van der Waals surface area contributed by atoms with Gasteiger partial charge in [0.05, 0.1) is 22.7 Å². The SMILES string of the molecule is N#Cc1ccc(Cn2c(CCc3ccccc3)nc3ccccc32)cc1. The maximum absolute atomic E-state index is 8.98. The molecule has 0 N–H and O–H groups in total. The number of aryl methyl sites for hydroxylation is 2. The van der Waals surface area contributed by atoms with Crippen LogP contribution in [0.2, 0.25) is 0 Å². The molecule has 3 nitrogen and oxygen atoms in total. The highest BCUT2D eigenvalue weighted by molar-refractivity contribution is 5.76. The molecule has 0 atom stereocenters. The van der Waals surface area contributed by atoms with Crippen molar-refractivity contribution in [3.05, 3.63) is 101 Å². The monoisotopic (exact) mass is 337 g/mol. The van der Waals surface area contributed by atoms with Crippen LogP contribution in [-0.4, -0.2) is 9.55 Å². The summed E-state index contributed by atoms with van der Waals surface area (Å²) in [4.78, 5) is 4.87. The zero-order chi connectivity index (χ0) is 17.8. The van der Waals surface area contributed by atoms with Crippen molar-refractivity contribution in [2.75, 3.05) is 0 Å². The van der Waals surface area contributed by atoms with Gasteiger partial charge in [0.2, 0.25) is 0 Å². The molecule has 0 spiro atoms. The molecule has 126 valence electrons.